The molecule has 0 aromatic heterocycles. The number of sulfonamides is 1. The van der Waals surface area contributed by atoms with E-state index in [4.69, 9.17) is 10.5 Å². The van der Waals surface area contributed by atoms with Gasteiger partial charge in [0, 0.05) is 6.54 Å². The van der Waals surface area contributed by atoms with Crippen LogP contribution < -0.4 is 15.2 Å². The molecule has 3 N–H and O–H groups in total. The summed E-state index contributed by atoms with van der Waals surface area (Å²) >= 11 is 3.32. The van der Waals surface area contributed by atoms with Gasteiger partial charge in [-0.25, -0.2) is 8.42 Å². The minimum absolute atomic E-state index is 0.178. The summed E-state index contributed by atoms with van der Waals surface area (Å²) in [6.45, 7) is 0.289. The molecular formula is C14H15BrN2O3S. The third-order valence-electron chi connectivity index (χ3n) is 2.85. The molecule has 0 aliphatic carbocycles. The molecule has 0 unspecified atom stereocenters. The second-order valence-corrected chi connectivity index (χ2v) is 6.84. The second-order valence-electron chi connectivity index (χ2n) is 4.31. The van der Waals surface area contributed by atoms with Crippen molar-refractivity contribution < 1.29 is 13.2 Å². The monoisotopic (exact) mass is 370 g/mol. The smallest absolute Gasteiger partial charge is 0.261 e. The Bertz CT molecular complexity index is 748. The van der Waals surface area contributed by atoms with Gasteiger partial charge < -0.3 is 10.5 Å². The van der Waals surface area contributed by atoms with Gasteiger partial charge in [-0.05, 0) is 51.8 Å². The van der Waals surface area contributed by atoms with Gasteiger partial charge >= 0.3 is 0 Å². The third-order valence-corrected chi connectivity index (χ3v) is 4.85. The first-order valence-electron chi connectivity index (χ1n) is 6.11. The lowest BCUT2D eigenvalue weighted by Crippen LogP contribution is -2.13. The lowest BCUT2D eigenvalue weighted by Gasteiger charge is -2.10. The maximum Gasteiger partial charge on any atom is 0.261 e. The average Bonchev–Trinajstić information content (AvgIpc) is 2.47. The molecule has 112 valence electrons. The number of anilines is 1. The summed E-state index contributed by atoms with van der Waals surface area (Å²) in [6, 6.07) is 11.5. The van der Waals surface area contributed by atoms with E-state index in [1.54, 1.807) is 43.5 Å². The molecule has 0 fully saturated rings. The van der Waals surface area contributed by atoms with Gasteiger partial charge in [-0.2, -0.15) is 0 Å². The number of nitrogens with two attached hydrogens (primary N) is 1. The van der Waals surface area contributed by atoms with E-state index in [1.165, 1.54) is 6.07 Å². The van der Waals surface area contributed by atoms with E-state index in [2.05, 4.69) is 20.7 Å². The minimum atomic E-state index is -3.65. The zero-order valence-corrected chi connectivity index (χ0v) is 13.7. The zero-order chi connectivity index (χ0) is 15.5. The molecule has 0 bridgehead atoms. The number of nitrogens with one attached hydrogen (secondary N) is 1. The highest BCUT2D eigenvalue weighted by Gasteiger charge is 2.15. The first-order valence-corrected chi connectivity index (χ1v) is 8.39. The van der Waals surface area contributed by atoms with Crippen molar-refractivity contribution in [1.29, 1.82) is 0 Å². The molecule has 0 aliphatic heterocycles. The van der Waals surface area contributed by atoms with Crippen LogP contribution >= 0.6 is 15.9 Å². The SMILES string of the molecule is COc1ccc(NS(=O)(=O)c2cccc(CN)c2)cc1Br. The van der Waals surface area contributed by atoms with E-state index in [0.717, 1.165) is 5.56 Å². The van der Waals surface area contributed by atoms with Crippen molar-refractivity contribution in [2.24, 2.45) is 5.73 Å². The summed E-state index contributed by atoms with van der Waals surface area (Å²) in [5.41, 5.74) is 6.73. The number of halogens is 1. The van der Waals surface area contributed by atoms with Crippen molar-refractivity contribution in [2.75, 3.05) is 11.8 Å². The Morgan fingerprint density at radius 1 is 1.24 bits per heavy atom. The van der Waals surface area contributed by atoms with Crippen molar-refractivity contribution in [2.45, 2.75) is 11.4 Å². The van der Waals surface area contributed by atoms with Crippen LogP contribution in [0.1, 0.15) is 5.56 Å². The van der Waals surface area contributed by atoms with Crippen LogP contribution in [0.3, 0.4) is 0 Å². The lowest BCUT2D eigenvalue weighted by molar-refractivity contribution is 0.412. The number of methoxy groups -OCH3 is 1. The number of hydrogen-bond donors (Lipinski definition) is 2. The topological polar surface area (TPSA) is 81.4 Å². The van der Waals surface area contributed by atoms with Crippen molar-refractivity contribution in [3.8, 4) is 5.75 Å². The van der Waals surface area contributed by atoms with Gasteiger partial charge in [-0.3, -0.25) is 4.72 Å². The minimum Gasteiger partial charge on any atom is -0.496 e. The van der Waals surface area contributed by atoms with Crippen LogP contribution in [0.2, 0.25) is 0 Å². The van der Waals surface area contributed by atoms with Crippen LogP contribution in [0.25, 0.3) is 0 Å². The van der Waals surface area contributed by atoms with Gasteiger partial charge in [0.05, 0.1) is 22.2 Å². The van der Waals surface area contributed by atoms with E-state index in [0.29, 0.717) is 15.9 Å². The van der Waals surface area contributed by atoms with Gasteiger partial charge in [-0.15, -0.1) is 0 Å². The molecule has 0 saturated heterocycles. The van der Waals surface area contributed by atoms with Gasteiger partial charge in [0.15, 0.2) is 0 Å². The summed E-state index contributed by atoms with van der Waals surface area (Å²) in [6.07, 6.45) is 0. The van der Waals surface area contributed by atoms with Crippen molar-refractivity contribution in [3.63, 3.8) is 0 Å². The first-order chi connectivity index (χ1) is 9.96. The molecule has 2 aromatic rings. The maximum absolute atomic E-state index is 12.3. The Morgan fingerprint density at radius 3 is 2.62 bits per heavy atom. The predicted molar refractivity (Wildman–Crippen MR) is 85.8 cm³/mol. The van der Waals surface area contributed by atoms with Gasteiger partial charge in [0.2, 0.25) is 0 Å². The number of benzene rings is 2. The molecule has 0 aliphatic rings. The van der Waals surface area contributed by atoms with Gasteiger partial charge in [-0.1, -0.05) is 12.1 Å². The molecule has 0 heterocycles. The van der Waals surface area contributed by atoms with E-state index >= 15 is 0 Å². The zero-order valence-electron chi connectivity index (χ0n) is 11.3. The Hall–Kier alpha value is -1.57. The molecule has 0 spiro atoms. The molecule has 0 radical (unpaired) electrons. The largest absolute Gasteiger partial charge is 0.496 e. The number of ether oxygens (including phenoxy) is 1. The summed E-state index contributed by atoms with van der Waals surface area (Å²) < 4.78 is 33.0. The Balaban J connectivity index is 2.30. The highest BCUT2D eigenvalue weighted by Crippen LogP contribution is 2.28. The van der Waals surface area contributed by atoms with Crippen molar-refractivity contribution >= 4 is 31.6 Å². The summed E-state index contributed by atoms with van der Waals surface area (Å²) in [5.74, 6) is 0.628. The van der Waals surface area contributed by atoms with E-state index in [1.807, 2.05) is 0 Å². The Morgan fingerprint density at radius 2 is 2.00 bits per heavy atom. The number of rotatable bonds is 5. The lowest BCUT2D eigenvalue weighted by atomic mass is 10.2. The molecule has 0 atom stereocenters. The average molecular weight is 371 g/mol. The molecule has 2 rings (SSSR count). The fourth-order valence-corrected chi connectivity index (χ4v) is 3.44. The molecule has 5 nitrogen and oxygen atoms in total. The summed E-state index contributed by atoms with van der Waals surface area (Å²) in [5, 5.41) is 0. The van der Waals surface area contributed by atoms with Crippen LogP contribution in [0.4, 0.5) is 5.69 Å². The van der Waals surface area contributed by atoms with E-state index in [9.17, 15) is 8.42 Å². The number of hydrogen-bond acceptors (Lipinski definition) is 4. The third kappa shape index (κ3) is 3.75. The fourth-order valence-electron chi connectivity index (χ4n) is 1.78. The van der Waals surface area contributed by atoms with Crippen LogP contribution in [-0.2, 0) is 16.6 Å². The molecule has 21 heavy (non-hydrogen) atoms. The van der Waals surface area contributed by atoms with Crippen LogP contribution in [0.5, 0.6) is 5.75 Å². The Labute approximate surface area is 132 Å². The van der Waals surface area contributed by atoms with Crippen LogP contribution in [-0.4, -0.2) is 15.5 Å². The molecule has 7 heteroatoms. The van der Waals surface area contributed by atoms with E-state index < -0.39 is 10.0 Å². The Kier molecular flexibility index (Phi) is 4.87. The van der Waals surface area contributed by atoms with Gasteiger partial charge in [0.25, 0.3) is 10.0 Å². The standard InChI is InChI=1S/C14H15BrN2O3S/c1-20-14-6-5-11(8-13(14)15)17-21(18,19)12-4-2-3-10(7-12)9-16/h2-8,17H,9,16H2,1H3. The summed E-state index contributed by atoms with van der Waals surface area (Å²) in [7, 11) is -2.11. The quantitative estimate of drug-likeness (QED) is 0.847. The van der Waals surface area contributed by atoms with Crippen molar-refractivity contribution in [1.82, 2.24) is 0 Å². The van der Waals surface area contributed by atoms with Crippen molar-refractivity contribution in [3.05, 3.63) is 52.5 Å². The molecular weight excluding hydrogens is 356 g/mol. The van der Waals surface area contributed by atoms with Crippen LogP contribution in [0.15, 0.2) is 51.8 Å². The first kappa shape index (κ1) is 15.8. The molecule has 2 aromatic carbocycles. The second kappa shape index (κ2) is 6.46. The fraction of sp³-hybridized carbons (Fsp3) is 0.143. The molecule has 0 amide bonds. The summed E-state index contributed by atoms with van der Waals surface area (Å²) in [4.78, 5) is 0.178. The highest BCUT2D eigenvalue weighted by atomic mass is 79.9. The molecule has 0 saturated carbocycles. The highest BCUT2D eigenvalue weighted by molar-refractivity contribution is 9.10. The normalized spacial score (nSPS) is 11.2. The maximum atomic E-state index is 12.3. The van der Waals surface area contributed by atoms with Gasteiger partial charge in [0.1, 0.15) is 5.75 Å². The predicted octanol–water partition coefficient (Wildman–Crippen LogP) is 2.72. The van der Waals surface area contributed by atoms with E-state index in [-0.39, 0.29) is 11.4 Å². The van der Waals surface area contributed by atoms with Crippen LogP contribution in [0, 0.1) is 0 Å².